The topological polar surface area (TPSA) is 38.0 Å². The fraction of sp³-hybridized carbons (Fsp3) is 0.455. The van der Waals surface area contributed by atoms with Gasteiger partial charge in [0.1, 0.15) is 0 Å². The van der Waals surface area contributed by atoms with Gasteiger partial charge in [0, 0.05) is 6.54 Å². The van der Waals surface area contributed by atoms with Gasteiger partial charge in [-0.1, -0.05) is 36.8 Å². The number of rotatable bonds is 2. The van der Waals surface area contributed by atoms with E-state index in [1.807, 2.05) is 7.05 Å². The second-order valence-electron chi connectivity index (χ2n) is 2.90. The summed E-state index contributed by atoms with van der Waals surface area (Å²) in [6.07, 6.45) is 0. The molecule has 0 aliphatic carbocycles. The summed E-state index contributed by atoms with van der Waals surface area (Å²) in [4.78, 5) is 0. The van der Waals surface area contributed by atoms with E-state index in [1.165, 1.54) is 11.1 Å². The molecule has 0 aromatic heterocycles. The number of hydrogen-bond donors (Lipinski definition) is 2. The first-order valence-corrected chi connectivity index (χ1v) is 4.64. The number of benzene rings is 1. The minimum atomic E-state index is 0.639. The Labute approximate surface area is 81.2 Å². The van der Waals surface area contributed by atoms with Gasteiger partial charge in [-0.05, 0) is 26.1 Å². The molecule has 0 fully saturated rings. The lowest BCUT2D eigenvalue weighted by Gasteiger charge is -1.94. The molecular formula is C11H20N2. The molecule has 0 saturated heterocycles. The smallest absolute Gasteiger partial charge is 0.0178 e. The van der Waals surface area contributed by atoms with Crippen LogP contribution >= 0.6 is 0 Å². The van der Waals surface area contributed by atoms with Gasteiger partial charge in [0.15, 0.2) is 0 Å². The van der Waals surface area contributed by atoms with Gasteiger partial charge in [-0.2, -0.15) is 0 Å². The van der Waals surface area contributed by atoms with E-state index in [1.54, 1.807) is 0 Å². The zero-order chi connectivity index (χ0) is 10.1. The number of nitrogens with one attached hydrogen (secondary N) is 1. The van der Waals surface area contributed by atoms with Gasteiger partial charge in [-0.25, -0.2) is 0 Å². The van der Waals surface area contributed by atoms with Gasteiger partial charge in [0.25, 0.3) is 0 Å². The minimum absolute atomic E-state index is 0.639. The normalized spacial score (nSPS) is 8.92. The highest BCUT2D eigenvalue weighted by Gasteiger charge is 1.84. The Bertz CT molecular complexity index is 202. The molecule has 0 heterocycles. The molecule has 0 aliphatic heterocycles. The van der Waals surface area contributed by atoms with Crippen molar-refractivity contribution in [2.75, 3.05) is 13.6 Å². The van der Waals surface area contributed by atoms with Crippen molar-refractivity contribution in [2.24, 2.45) is 5.73 Å². The van der Waals surface area contributed by atoms with E-state index in [0.717, 1.165) is 6.54 Å². The summed E-state index contributed by atoms with van der Waals surface area (Å²) in [6.45, 7) is 5.85. The molecule has 3 N–H and O–H groups in total. The van der Waals surface area contributed by atoms with E-state index in [9.17, 15) is 0 Å². The molecule has 1 aromatic rings. The highest BCUT2D eigenvalue weighted by Crippen LogP contribution is 2.00. The Kier molecular flexibility index (Phi) is 7.26. The largest absolute Gasteiger partial charge is 0.326 e. The van der Waals surface area contributed by atoms with Crippen LogP contribution in [-0.4, -0.2) is 13.6 Å². The third kappa shape index (κ3) is 6.31. The Morgan fingerprint density at radius 1 is 1.23 bits per heavy atom. The quantitative estimate of drug-likeness (QED) is 0.726. The van der Waals surface area contributed by atoms with Crippen LogP contribution in [0.4, 0.5) is 0 Å². The van der Waals surface area contributed by atoms with Gasteiger partial charge in [0.2, 0.25) is 0 Å². The molecule has 0 saturated carbocycles. The number of hydrogen-bond acceptors (Lipinski definition) is 2. The molecule has 2 heteroatoms. The van der Waals surface area contributed by atoms with Crippen molar-refractivity contribution in [1.29, 1.82) is 0 Å². The Balaban J connectivity index is 0.000000310. The zero-order valence-electron chi connectivity index (χ0n) is 8.80. The molecule has 0 spiro atoms. The lowest BCUT2D eigenvalue weighted by Crippen LogP contribution is -2.01. The standard InChI is InChI=1S/C8H11N.C3H9N/c1-7-2-4-8(6-9)5-3-7;1-3-4-2/h2-5H,6,9H2,1H3;4H,3H2,1-2H3. The summed E-state index contributed by atoms with van der Waals surface area (Å²) in [5.74, 6) is 0. The zero-order valence-corrected chi connectivity index (χ0v) is 8.80. The third-order valence-electron chi connectivity index (χ3n) is 1.71. The summed E-state index contributed by atoms with van der Waals surface area (Å²) in [6, 6.07) is 8.25. The van der Waals surface area contributed by atoms with Crippen molar-refractivity contribution in [3.63, 3.8) is 0 Å². The summed E-state index contributed by atoms with van der Waals surface area (Å²) < 4.78 is 0. The summed E-state index contributed by atoms with van der Waals surface area (Å²) >= 11 is 0. The van der Waals surface area contributed by atoms with Gasteiger partial charge in [-0.15, -0.1) is 0 Å². The second kappa shape index (κ2) is 7.77. The fourth-order valence-electron chi connectivity index (χ4n) is 0.724. The Hall–Kier alpha value is -0.860. The Morgan fingerprint density at radius 2 is 1.69 bits per heavy atom. The first kappa shape index (κ1) is 12.1. The lowest BCUT2D eigenvalue weighted by molar-refractivity contribution is 0.864. The molecule has 0 unspecified atom stereocenters. The van der Waals surface area contributed by atoms with Gasteiger partial charge >= 0.3 is 0 Å². The average molecular weight is 180 g/mol. The monoisotopic (exact) mass is 180 g/mol. The number of aryl methyl sites for hydroxylation is 1. The maximum atomic E-state index is 5.40. The summed E-state index contributed by atoms with van der Waals surface area (Å²) in [5, 5.41) is 2.93. The van der Waals surface area contributed by atoms with Crippen LogP contribution in [0, 0.1) is 6.92 Å². The lowest BCUT2D eigenvalue weighted by atomic mass is 10.2. The maximum absolute atomic E-state index is 5.40. The van der Waals surface area contributed by atoms with Crippen molar-refractivity contribution >= 4 is 0 Å². The van der Waals surface area contributed by atoms with Gasteiger partial charge in [0.05, 0.1) is 0 Å². The highest BCUT2D eigenvalue weighted by molar-refractivity contribution is 5.20. The van der Waals surface area contributed by atoms with E-state index < -0.39 is 0 Å². The van der Waals surface area contributed by atoms with Crippen LogP contribution in [0.25, 0.3) is 0 Å². The average Bonchev–Trinajstić information content (AvgIpc) is 2.19. The Morgan fingerprint density at radius 3 is 2.00 bits per heavy atom. The van der Waals surface area contributed by atoms with Crippen molar-refractivity contribution < 1.29 is 0 Å². The third-order valence-corrected chi connectivity index (χ3v) is 1.71. The van der Waals surface area contributed by atoms with Crippen LogP contribution in [0.2, 0.25) is 0 Å². The summed E-state index contributed by atoms with van der Waals surface area (Å²) in [7, 11) is 1.93. The van der Waals surface area contributed by atoms with E-state index in [-0.39, 0.29) is 0 Å². The fourth-order valence-corrected chi connectivity index (χ4v) is 0.724. The van der Waals surface area contributed by atoms with Crippen molar-refractivity contribution in [3.05, 3.63) is 35.4 Å². The summed E-state index contributed by atoms with van der Waals surface area (Å²) in [5.41, 5.74) is 7.88. The predicted molar refractivity (Wildman–Crippen MR) is 58.7 cm³/mol. The van der Waals surface area contributed by atoms with Gasteiger partial charge in [-0.3, -0.25) is 0 Å². The molecule has 1 rings (SSSR count). The molecule has 1 aromatic carbocycles. The molecule has 0 bridgehead atoms. The van der Waals surface area contributed by atoms with Crippen molar-refractivity contribution in [2.45, 2.75) is 20.4 Å². The van der Waals surface area contributed by atoms with Crippen LogP contribution in [0.5, 0.6) is 0 Å². The first-order chi connectivity index (χ1) is 6.24. The molecule has 74 valence electrons. The SMILES string of the molecule is CCNC.Cc1ccc(CN)cc1. The van der Waals surface area contributed by atoms with E-state index >= 15 is 0 Å². The van der Waals surface area contributed by atoms with Crippen LogP contribution in [0.3, 0.4) is 0 Å². The van der Waals surface area contributed by atoms with E-state index in [4.69, 9.17) is 5.73 Å². The first-order valence-electron chi connectivity index (χ1n) is 4.64. The molecule has 13 heavy (non-hydrogen) atoms. The van der Waals surface area contributed by atoms with Gasteiger partial charge < -0.3 is 11.1 Å². The van der Waals surface area contributed by atoms with Crippen LogP contribution < -0.4 is 11.1 Å². The highest BCUT2D eigenvalue weighted by atomic mass is 14.8. The molecule has 0 radical (unpaired) electrons. The molecular weight excluding hydrogens is 160 g/mol. The van der Waals surface area contributed by atoms with Crippen LogP contribution in [-0.2, 0) is 6.54 Å². The minimum Gasteiger partial charge on any atom is -0.326 e. The molecule has 2 nitrogen and oxygen atoms in total. The number of nitrogens with two attached hydrogens (primary N) is 1. The van der Waals surface area contributed by atoms with Crippen LogP contribution in [0.1, 0.15) is 18.1 Å². The molecule has 0 aliphatic rings. The van der Waals surface area contributed by atoms with Crippen LogP contribution in [0.15, 0.2) is 24.3 Å². The van der Waals surface area contributed by atoms with E-state index in [0.29, 0.717) is 6.54 Å². The maximum Gasteiger partial charge on any atom is 0.0178 e. The van der Waals surface area contributed by atoms with Crippen molar-refractivity contribution in [3.8, 4) is 0 Å². The van der Waals surface area contributed by atoms with Crippen molar-refractivity contribution in [1.82, 2.24) is 5.32 Å². The molecule has 0 amide bonds. The second-order valence-corrected chi connectivity index (χ2v) is 2.90. The van der Waals surface area contributed by atoms with E-state index in [2.05, 4.69) is 43.4 Å². The molecule has 0 atom stereocenters. The predicted octanol–water partition coefficient (Wildman–Crippen LogP) is 1.68.